The van der Waals surface area contributed by atoms with Crippen molar-refractivity contribution in [2.24, 2.45) is 0 Å². The zero-order valence-corrected chi connectivity index (χ0v) is 20.5. The second kappa shape index (κ2) is 9.36. The average molecular weight is 538 g/mol. The Balaban J connectivity index is 1.29. The first-order chi connectivity index (χ1) is 16.7. The highest BCUT2D eigenvalue weighted by molar-refractivity contribution is 7.89. The number of rotatable bonds is 5. The first kappa shape index (κ1) is 23.9. The van der Waals surface area contributed by atoms with E-state index in [2.05, 4.69) is 10.1 Å². The molecule has 35 heavy (non-hydrogen) atoms. The lowest BCUT2D eigenvalue weighted by Gasteiger charge is -2.33. The molecular weight excluding hydrogens is 520 g/mol. The molecule has 2 aromatic heterocycles. The minimum absolute atomic E-state index is 0.170. The largest absolute Gasteiger partial charge is 0.295 e. The van der Waals surface area contributed by atoms with Gasteiger partial charge in [0.25, 0.3) is 5.56 Å². The van der Waals surface area contributed by atoms with E-state index in [0.717, 1.165) is 17.7 Å². The van der Waals surface area contributed by atoms with Gasteiger partial charge < -0.3 is 0 Å². The van der Waals surface area contributed by atoms with E-state index < -0.39 is 21.7 Å². The standard InChI is InChI=1S/C22H18ClF2N5O3S2/c23-15-3-1-14(2-4-15)21-27-30-20(31)11-16(26-22(30)34-21)13-28-7-9-29(10-8-28)35(32,33)17-5-6-18(24)19(25)12-17/h1-6,11-12H,7-10,13H2. The molecule has 1 aliphatic rings. The summed E-state index contributed by atoms with van der Waals surface area (Å²) in [5.41, 5.74) is 1.07. The van der Waals surface area contributed by atoms with Crippen molar-refractivity contribution in [3.05, 3.63) is 81.2 Å². The molecule has 1 saturated heterocycles. The van der Waals surface area contributed by atoms with Crippen molar-refractivity contribution in [2.45, 2.75) is 11.4 Å². The Hall–Kier alpha value is -2.77. The third-order valence-corrected chi connectivity index (χ3v) is 8.74. The van der Waals surface area contributed by atoms with Crippen LogP contribution in [0.4, 0.5) is 8.78 Å². The lowest BCUT2D eigenvalue weighted by Crippen LogP contribution is -2.48. The van der Waals surface area contributed by atoms with Gasteiger partial charge in [-0.25, -0.2) is 22.2 Å². The Morgan fingerprint density at radius 1 is 0.971 bits per heavy atom. The fourth-order valence-electron chi connectivity index (χ4n) is 3.79. The maximum Gasteiger partial charge on any atom is 0.275 e. The molecule has 0 saturated carbocycles. The zero-order valence-electron chi connectivity index (χ0n) is 18.1. The van der Waals surface area contributed by atoms with Crippen LogP contribution in [0.3, 0.4) is 0 Å². The fraction of sp³-hybridized carbons (Fsp3) is 0.227. The van der Waals surface area contributed by atoms with E-state index in [1.807, 2.05) is 17.0 Å². The van der Waals surface area contributed by atoms with Crippen molar-refractivity contribution in [1.82, 2.24) is 23.8 Å². The second-order valence-electron chi connectivity index (χ2n) is 7.95. The van der Waals surface area contributed by atoms with Gasteiger partial charge in [-0.2, -0.15) is 13.9 Å². The van der Waals surface area contributed by atoms with E-state index in [-0.39, 0.29) is 23.5 Å². The fourth-order valence-corrected chi connectivity index (χ4v) is 6.28. The molecule has 0 N–H and O–H groups in total. The van der Waals surface area contributed by atoms with E-state index in [4.69, 9.17) is 11.6 Å². The van der Waals surface area contributed by atoms with Crippen molar-refractivity contribution in [3.63, 3.8) is 0 Å². The van der Waals surface area contributed by atoms with E-state index in [9.17, 15) is 22.0 Å². The summed E-state index contributed by atoms with van der Waals surface area (Å²) in [5, 5.41) is 5.60. The summed E-state index contributed by atoms with van der Waals surface area (Å²) in [4.78, 5) is 19.3. The van der Waals surface area contributed by atoms with Gasteiger partial charge in [-0.1, -0.05) is 35.1 Å². The SMILES string of the molecule is O=c1cc(CN2CCN(S(=O)(=O)c3ccc(F)c(F)c3)CC2)nc2sc(-c3ccc(Cl)cc3)nn12. The highest BCUT2D eigenvalue weighted by Crippen LogP contribution is 2.26. The normalized spacial score (nSPS) is 15.6. The molecule has 3 heterocycles. The smallest absolute Gasteiger partial charge is 0.275 e. The number of nitrogens with zero attached hydrogens (tertiary/aromatic N) is 5. The minimum atomic E-state index is -3.94. The van der Waals surface area contributed by atoms with Crippen LogP contribution in [0.1, 0.15) is 5.69 Å². The van der Waals surface area contributed by atoms with Gasteiger partial charge in [-0.05, 0) is 30.3 Å². The van der Waals surface area contributed by atoms with Gasteiger partial charge in [0.1, 0.15) is 5.01 Å². The quantitative estimate of drug-likeness (QED) is 0.388. The van der Waals surface area contributed by atoms with Crippen LogP contribution in [0.15, 0.2) is 58.2 Å². The van der Waals surface area contributed by atoms with Crippen LogP contribution in [0.5, 0.6) is 0 Å². The highest BCUT2D eigenvalue weighted by Gasteiger charge is 2.29. The summed E-state index contributed by atoms with van der Waals surface area (Å²) in [5.74, 6) is -2.31. The van der Waals surface area contributed by atoms with Gasteiger partial charge in [-0.3, -0.25) is 9.69 Å². The van der Waals surface area contributed by atoms with Crippen LogP contribution in [-0.2, 0) is 16.6 Å². The first-order valence-electron chi connectivity index (χ1n) is 10.5. The number of benzene rings is 2. The summed E-state index contributed by atoms with van der Waals surface area (Å²) in [6.07, 6.45) is 0. The number of hydrogen-bond donors (Lipinski definition) is 0. The topological polar surface area (TPSA) is 87.9 Å². The molecule has 13 heteroatoms. The van der Waals surface area contributed by atoms with Crippen LogP contribution in [0, 0.1) is 11.6 Å². The Morgan fingerprint density at radius 3 is 2.37 bits per heavy atom. The third-order valence-electron chi connectivity index (χ3n) is 5.63. The Labute approximate surface area is 208 Å². The lowest BCUT2D eigenvalue weighted by atomic mass is 10.2. The molecule has 0 radical (unpaired) electrons. The van der Waals surface area contributed by atoms with Crippen molar-refractivity contribution in [1.29, 1.82) is 0 Å². The van der Waals surface area contributed by atoms with Crippen LogP contribution < -0.4 is 5.56 Å². The molecule has 4 aromatic rings. The average Bonchev–Trinajstić information content (AvgIpc) is 3.26. The second-order valence-corrected chi connectivity index (χ2v) is 11.3. The summed E-state index contributed by atoms with van der Waals surface area (Å²) in [7, 11) is -3.94. The Kier molecular flexibility index (Phi) is 6.40. The van der Waals surface area contributed by atoms with Crippen LogP contribution in [-0.4, -0.2) is 58.4 Å². The number of sulfonamides is 1. The first-order valence-corrected chi connectivity index (χ1v) is 13.2. The predicted octanol–water partition coefficient (Wildman–Crippen LogP) is 3.26. The Morgan fingerprint density at radius 2 is 1.69 bits per heavy atom. The monoisotopic (exact) mass is 537 g/mol. The highest BCUT2D eigenvalue weighted by atomic mass is 35.5. The van der Waals surface area contributed by atoms with Gasteiger partial charge in [0, 0.05) is 49.4 Å². The predicted molar refractivity (Wildman–Crippen MR) is 128 cm³/mol. The van der Waals surface area contributed by atoms with E-state index in [0.29, 0.717) is 46.4 Å². The Bertz CT molecular complexity index is 1570. The molecule has 8 nitrogen and oxygen atoms in total. The molecule has 0 bridgehead atoms. The lowest BCUT2D eigenvalue weighted by molar-refractivity contribution is 0.180. The number of halogens is 3. The molecule has 1 fully saturated rings. The molecule has 0 atom stereocenters. The van der Waals surface area contributed by atoms with Gasteiger partial charge in [-0.15, -0.1) is 0 Å². The number of aromatic nitrogens is 3. The van der Waals surface area contributed by atoms with E-state index >= 15 is 0 Å². The maximum atomic E-state index is 13.5. The minimum Gasteiger partial charge on any atom is -0.295 e. The van der Waals surface area contributed by atoms with Crippen LogP contribution in [0.2, 0.25) is 5.02 Å². The molecule has 0 aliphatic carbocycles. The number of hydrogen-bond acceptors (Lipinski definition) is 7. The molecule has 5 rings (SSSR count). The maximum absolute atomic E-state index is 13.5. The van der Waals surface area contributed by atoms with Gasteiger partial charge in [0.05, 0.1) is 10.6 Å². The van der Waals surface area contributed by atoms with E-state index in [1.165, 1.54) is 26.2 Å². The third kappa shape index (κ3) is 4.84. The van der Waals surface area contributed by atoms with Crippen molar-refractivity contribution in [3.8, 4) is 10.6 Å². The summed E-state index contributed by atoms with van der Waals surface area (Å²) < 4.78 is 54.8. The molecule has 2 aromatic carbocycles. The summed E-state index contributed by atoms with van der Waals surface area (Å²) >= 11 is 7.22. The van der Waals surface area contributed by atoms with Gasteiger partial charge >= 0.3 is 0 Å². The molecule has 182 valence electrons. The number of fused-ring (bicyclic) bond motifs is 1. The van der Waals surface area contributed by atoms with Gasteiger partial charge in [0.2, 0.25) is 15.0 Å². The molecule has 0 unspecified atom stereocenters. The molecular formula is C22H18ClF2N5O3S2. The zero-order chi connectivity index (χ0) is 24.7. The summed E-state index contributed by atoms with van der Waals surface area (Å²) in [6.45, 7) is 1.48. The summed E-state index contributed by atoms with van der Waals surface area (Å²) in [6, 6.07) is 11.1. The van der Waals surface area contributed by atoms with Crippen LogP contribution in [0.25, 0.3) is 15.5 Å². The molecule has 0 amide bonds. The van der Waals surface area contributed by atoms with Crippen LogP contribution >= 0.6 is 22.9 Å². The molecule has 0 spiro atoms. The van der Waals surface area contributed by atoms with Crippen molar-refractivity contribution < 1.29 is 17.2 Å². The number of piperazine rings is 1. The molecule has 1 aliphatic heterocycles. The van der Waals surface area contributed by atoms with E-state index in [1.54, 1.807) is 12.1 Å². The van der Waals surface area contributed by atoms with Crippen molar-refractivity contribution >= 4 is 37.9 Å². The van der Waals surface area contributed by atoms with Gasteiger partial charge in [0.15, 0.2) is 11.6 Å². The van der Waals surface area contributed by atoms with Crippen molar-refractivity contribution in [2.75, 3.05) is 26.2 Å².